The van der Waals surface area contributed by atoms with Crippen LogP contribution >= 0.6 is 11.3 Å². The van der Waals surface area contributed by atoms with Gasteiger partial charge in [-0.25, -0.2) is 4.39 Å². The summed E-state index contributed by atoms with van der Waals surface area (Å²) in [5.41, 5.74) is 1.87. The van der Waals surface area contributed by atoms with Crippen molar-refractivity contribution in [1.82, 2.24) is 0 Å². The molecule has 0 bridgehead atoms. The Hall–Kier alpha value is -1.35. The minimum Gasteiger partial charge on any atom is -0.382 e. The zero-order chi connectivity index (χ0) is 10.5. The molecular formula is C12H12FNS. The molecule has 1 nitrogen and oxygen atoms in total. The van der Waals surface area contributed by atoms with E-state index >= 15 is 0 Å². The zero-order valence-electron chi connectivity index (χ0n) is 8.24. The highest BCUT2D eigenvalue weighted by Crippen LogP contribution is 2.13. The highest BCUT2D eigenvalue weighted by atomic mass is 32.1. The quantitative estimate of drug-likeness (QED) is 0.832. The van der Waals surface area contributed by atoms with Gasteiger partial charge in [0.1, 0.15) is 5.82 Å². The Morgan fingerprint density at radius 1 is 1.20 bits per heavy atom. The Morgan fingerprint density at radius 2 is 2.07 bits per heavy atom. The van der Waals surface area contributed by atoms with Crippen LogP contribution in [0.15, 0.2) is 41.1 Å². The molecule has 1 aromatic carbocycles. The van der Waals surface area contributed by atoms with Crippen LogP contribution < -0.4 is 5.32 Å². The second-order valence-electron chi connectivity index (χ2n) is 3.29. The summed E-state index contributed by atoms with van der Waals surface area (Å²) < 4.78 is 13.2. The fourth-order valence-corrected chi connectivity index (χ4v) is 2.08. The van der Waals surface area contributed by atoms with Gasteiger partial charge in [-0.05, 0) is 40.9 Å². The normalized spacial score (nSPS) is 10.2. The number of benzene rings is 1. The molecule has 0 aliphatic heterocycles. The van der Waals surface area contributed by atoms with E-state index in [9.17, 15) is 4.39 Å². The predicted octanol–water partition coefficient (Wildman–Crippen LogP) is 3.54. The molecule has 1 N–H and O–H groups in total. The van der Waals surface area contributed by atoms with Crippen molar-refractivity contribution in [3.63, 3.8) is 0 Å². The predicted molar refractivity (Wildman–Crippen MR) is 62.9 cm³/mol. The average Bonchev–Trinajstić information content (AvgIpc) is 2.74. The van der Waals surface area contributed by atoms with E-state index in [1.807, 2.05) is 6.07 Å². The van der Waals surface area contributed by atoms with E-state index in [0.29, 0.717) is 5.69 Å². The Bertz CT molecular complexity index is 411. The van der Waals surface area contributed by atoms with Crippen LogP contribution in [0, 0.1) is 5.82 Å². The molecule has 2 rings (SSSR count). The summed E-state index contributed by atoms with van der Waals surface area (Å²) in [6.07, 6.45) is 0.928. The molecule has 0 saturated carbocycles. The van der Waals surface area contributed by atoms with Gasteiger partial charge in [-0.1, -0.05) is 12.1 Å². The lowest BCUT2D eigenvalue weighted by molar-refractivity contribution is 0.630. The molecule has 15 heavy (non-hydrogen) atoms. The lowest BCUT2D eigenvalue weighted by Crippen LogP contribution is -2.05. The van der Waals surface area contributed by atoms with Crippen molar-refractivity contribution in [2.45, 2.75) is 6.42 Å². The third kappa shape index (κ3) is 2.80. The SMILES string of the molecule is Fc1ccccc1NCCc1ccsc1. The molecular weight excluding hydrogens is 209 g/mol. The van der Waals surface area contributed by atoms with Crippen LogP contribution in [0.25, 0.3) is 0 Å². The minimum atomic E-state index is -0.192. The van der Waals surface area contributed by atoms with Gasteiger partial charge in [0, 0.05) is 6.54 Å². The Balaban J connectivity index is 1.86. The van der Waals surface area contributed by atoms with Gasteiger partial charge in [-0.15, -0.1) is 0 Å². The number of para-hydroxylation sites is 1. The first-order valence-corrected chi connectivity index (χ1v) is 5.80. The van der Waals surface area contributed by atoms with Gasteiger partial charge < -0.3 is 5.32 Å². The fourth-order valence-electron chi connectivity index (χ4n) is 1.38. The summed E-state index contributed by atoms with van der Waals surface area (Å²) in [6.45, 7) is 0.762. The highest BCUT2D eigenvalue weighted by Gasteiger charge is 1.99. The van der Waals surface area contributed by atoms with Crippen molar-refractivity contribution in [2.75, 3.05) is 11.9 Å². The first-order valence-electron chi connectivity index (χ1n) is 4.86. The van der Waals surface area contributed by atoms with Crippen molar-refractivity contribution in [3.05, 3.63) is 52.5 Å². The largest absolute Gasteiger partial charge is 0.382 e. The lowest BCUT2D eigenvalue weighted by Gasteiger charge is -2.05. The molecule has 0 fully saturated rings. The van der Waals surface area contributed by atoms with Crippen molar-refractivity contribution >= 4 is 17.0 Å². The van der Waals surface area contributed by atoms with Crippen LogP contribution in [0.5, 0.6) is 0 Å². The molecule has 0 radical (unpaired) electrons. The Kier molecular flexibility index (Phi) is 3.35. The first kappa shape index (κ1) is 10.2. The number of nitrogens with one attached hydrogen (secondary N) is 1. The summed E-state index contributed by atoms with van der Waals surface area (Å²) in [5.74, 6) is -0.192. The van der Waals surface area contributed by atoms with E-state index in [1.165, 1.54) is 11.6 Å². The number of hydrogen-bond acceptors (Lipinski definition) is 2. The van der Waals surface area contributed by atoms with Crippen molar-refractivity contribution in [3.8, 4) is 0 Å². The average molecular weight is 221 g/mol. The monoisotopic (exact) mass is 221 g/mol. The van der Waals surface area contributed by atoms with E-state index in [1.54, 1.807) is 23.5 Å². The Labute approximate surface area is 92.6 Å². The van der Waals surface area contributed by atoms with E-state index in [4.69, 9.17) is 0 Å². The van der Waals surface area contributed by atoms with Crippen LogP contribution in [0.1, 0.15) is 5.56 Å². The summed E-state index contributed by atoms with van der Waals surface area (Å²) in [5, 5.41) is 7.25. The molecule has 0 spiro atoms. The van der Waals surface area contributed by atoms with Crippen molar-refractivity contribution < 1.29 is 4.39 Å². The zero-order valence-corrected chi connectivity index (χ0v) is 9.06. The molecule has 1 heterocycles. The molecule has 0 amide bonds. The van der Waals surface area contributed by atoms with Gasteiger partial charge >= 0.3 is 0 Å². The number of rotatable bonds is 4. The van der Waals surface area contributed by atoms with Gasteiger partial charge in [0.15, 0.2) is 0 Å². The molecule has 1 aromatic heterocycles. The lowest BCUT2D eigenvalue weighted by atomic mass is 10.2. The second-order valence-corrected chi connectivity index (χ2v) is 4.07. The number of hydrogen-bond donors (Lipinski definition) is 1. The second kappa shape index (κ2) is 4.94. The number of anilines is 1. The van der Waals surface area contributed by atoms with Crippen LogP contribution in [-0.2, 0) is 6.42 Å². The third-order valence-electron chi connectivity index (χ3n) is 2.18. The van der Waals surface area contributed by atoms with Gasteiger partial charge in [0.05, 0.1) is 5.69 Å². The first-order chi connectivity index (χ1) is 7.36. The van der Waals surface area contributed by atoms with Gasteiger partial charge in [-0.3, -0.25) is 0 Å². The van der Waals surface area contributed by atoms with Crippen molar-refractivity contribution in [2.24, 2.45) is 0 Å². The maximum atomic E-state index is 13.2. The molecule has 0 aliphatic rings. The molecule has 3 heteroatoms. The molecule has 0 saturated heterocycles. The molecule has 0 unspecified atom stereocenters. The summed E-state index contributed by atoms with van der Waals surface area (Å²) in [4.78, 5) is 0. The smallest absolute Gasteiger partial charge is 0.146 e. The molecule has 0 atom stereocenters. The van der Waals surface area contributed by atoms with E-state index in [2.05, 4.69) is 22.1 Å². The Morgan fingerprint density at radius 3 is 2.80 bits per heavy atom. The highest BCUT2D eigenvalue weighted by molar-refractivity contribution is 7.07. The summed E-state index contributed by atoms with van der Waals surface area (Å²) in [7, 11) is 0. The molecule has 78 valence electrons. The molecule has 0 aliphatic carbocycles. The van der Waals surface area contributed by atoms with Crippen LogP contribution in [0.2, 0.25) is 0 Å². The van der Waals surface area contributed by atoms with E-state index in [-0.39, 0.29) is 5.82 Å². The summed E-state index contributed by atoms with van der Waals surface area (Å²) in [6, 6.07) is 8.83. The molecule has 2 aromatic rings. The number of halogens is 1. The van der Waals surface area contributed by atoms with Gasteiger partial charge in [0.2, 0.25) is 0 Å². The topological polar surface area (TPSA) is 12.0 Å². The maximum Gasteiger partial charge on any atom is 0.146 e. The fraction of sp³-hybridized carbons (Fsp3) is 0.167. The van der Waals surface area contributed by atoms with Crippen LogP contribution in [0.3, 0.4) is 0 Å². The van der Waals surface area contributed by atoms with E-state index in [0.717, 1.165) is 13.0 Å². The minimum absolute atomic E-state index is 0.192. The van der Waals surface area contributed by atoms with Crippen molar-refractivity contribution in [1.29, 1.82) is 0 Å². The standard InChI is InChI=1S/C12H12FNS/c13-11-3-1-2-4-12(11)14-7-5-10-6-8-15-9-10/h1-4,6,8-9,14H,5,7H2. The van der Waals surface area contributed by atoms with Crippen LogP contribution in [0.4, 0.5) is 10.1 Å². The van der Waals surface area contributed by atoms with Crippen LogP contribution in [-0.4, -0.2) is 6.54 Å². The third-order valence-corrected chi connectivity index (χ3v) is 2.92. The maximum absolute atomic E-state index is 13.2. The van der Waals surface area contributed by atoms with Gasteiger partial charge in [0.25, 0.3) is 0 Å². The number of thiophene rings is 1. The summed E-state index contributed by atoms with van der Waals surface area (Å²) >= 11 is 1.69. The van der Waals surface area contributed by atoms with E-state index < -0.39 is 0 Å². The van der Waals surface area contributed by atoms with Gasteiger partial charge in [-0.2, -0.15) is 11.3 Å².